The van der Waals surface area contributed by atoms with Gasteiger partial charge in [-0.15, -0.1) is 17.9 Å². The first-order valence-electron chi connectivity index (χ1n) is 7.01. The van der Waals surface area contributed by atoms with Gasteiger partial charge in [0.25, 0.3) is 5.56 Å². The summed E-state index contributed by atoms with van der Waals surface area (Å²) in [7, 11) is 1.35. The van der Waals surface area contributed by atoms with Gasteiger partial charge in [0, 0.05) is 11.4 Å². The van der Waals surface area contributed by atoms with Gasteiger partial charge in [0.05, 0.1) is 18.2 Å². The van der Waals surface area contributed by atoms with E-state index in [4.69, 9.17) is 0 Å². The molecule has 0 unspecified atom stereocenters. The quantitative estimate of drug-likeness (QED) is 0.363. The number of esters is 1. The normalized spacial score (nSPS) is 13.3. The fraction of sp³-hybridized carbons (Fsp3) is 0.400. The SMILES string of the molecule is C=CCn1c(SCC(=O)OC)nc2sc3c(c2c1=O)CCC3. The second-order valence-corrected chi connectivity index (χ2v) is 7.03. The number of thioether (sulfide) groups is 1. The molecule has 0 N–H and O–H groups in total. The molecule has 1 aliphatic rings. The van der Waals surface area contributed by atoms with E-state index in [1.54, 1.807) is 22.0 Å². The number of thiophene rings is 1. The number of methoxy groups -OCH3 is 1. The number of hydrogen-bond acceptors (Lipinski definition) is 6. The zero-order chi connectivity index (χ0) is 15.7. The van der Waals surface area contributed by atoms with Gasteiger partial charge in [-0.25, -0.2) is 4.98 Å². The smallest absolute Gasteiger partial charge is 0.316 e. The maximum atomic E-state index is 12.8. The first kappa shape index (κ1) is 15.3. The van der Waals surface area contributed by atoms with Gasteiger partial charge >= 0.3 is 5.97 Å². The highest BCUT2D eigenvalue weighted by atomic mass is 32.2. The summed E-state index contributed by atoms with van der Waals surface area (Å²) in [5.74, 6) is -0.199. The predicted octanol–water partition coefficient (Wildman–Crippen LogP) is 2.40. The van der Waals surface area contributed by atoms with Crippen molar-refractivity contribution < 1.29 is 9.53 Å². The summed E-state index contributed by atoms with van der Waals surface area (Å²) < 4.78 is 6.24. The first-order valence-corrected chi connectivity index (χ1v) is 8.81. The number of carbonyl (C=O) groups excluding carboxylic acids is 1. The molecule has 1 aliphatic carbocycles. The Morgan fingerprint density at radius 2 is 2.36 bits per heavy atom. The molecule has 2 aromatic heterocycles. The van der Waals surface area contributed by atoms with Crippen LogP contribution >= 0.6 is 23.1 Å². The Morgan fingerprint density at radius 1 is 1.55 bits per heavy atom. The van der Waals surface area contributed by atoms with E-state index in [0.717, 1.165) is 29.5 Å². The number of carbonyl (C=O) groups is 1. The van der Waals surface area contributed by atoms with Crippen molar-refractivity contribution in [2.45, 2.75) is 31.0 Å². The Kier molecular flexibility index (Phi) is 4.35. The number of rotatable bonds is 5. The largest absolute Gasteiger partial charge is 0.468 e. The number of fused-ring (bicyclic) bond motifs is 3. The van der Waals surface area contributed by atoms with Crippen molar-refractivity contribution in [1.82, 2.24) is 9.55 Å². The maximum Gasteiger partial charge on any atom is 0.316 e. The van der Waals surface area contributed by atoms with Crippen LogP contribution in [-0.2, 0) is 28.9 Å². The van der Waals surface area contributed by atoms with E-state index in [0.29, 0.717) is 11.7 Å². The fourth-order valence-electron chi connectivity index (χ4n) is 2.64. The van der Waals surface area contributed by atoms with Crippen LogP contribution < -0.4 is 5.56 Å². The molecule has 116 valence electrons. The molecule has 0 radical (unpaired) electrons. The fourth-order valence-corrected chi connectivity index (χ4v) is 4.78. The van der Waals surface area contributed by atoms with Crippen LogP contribution in [0.25, 0.3) is 10.2 Å². The highest BCUT2D eigenvalue weighted by molar-refractivity contribution is 7.99. The average molecular weight is 336 g/mol. The van der Waals surface area contributed by atoms with Crippen molar-refractivity contribution in [3.63, 3.8) is 0 Å². The molecule has 2 aromatic rings. The Balaban J connectivity index is 2.11. The molecule has 0 fully saturated rings. The minimum Gasteiger partial charge on any atom is -0.468 e. The molecule has 5 nitrogen and oxygen atoms in total. The van der Waals surface area contributed by atoms with Crippen molar-refractivity contribution in [2.75, 3.05) is 12.9 Å². The summed E-state index contributed by atoms with van der Waals surface area (Å²) in [5, 5.41) is 1.30. The van der Waals surface area contributed by atoms with Crippen LogP contribution in [0, 0.1) is 0 Å². The second-order valence-electron chi connectivity index (χ2n) is 5.00. The summed E-state index contributed by atoms with van der Waals surface area (Å²) in [4.78, 5) is 30.8. The average Bonchev–Trinajstić information content (AvgIpc) is 3.08. The van der Waals surface area contributed by atoms with Gasteiger partial charge in [0.1, 0.15) is 4.83 Å². The zero-order valence-electron chi connectivity index (χ0n) is 12.3. The van der Waals surface area contributed by atoms with Gasteiger partial charge in [-0.3, -0.25) is 14.2 Å². The van der Waals surface area contributed by atoms with E-state index in [9.17, 15) is 9.59 Å². The summed E-state index contributed by atoms with van der Waals surface area (Å²) in [6.45, 7) is 4.09. The first-order chi connectivity index (χ1) is 10.7. The van der Waals surface area contributed by atoms with E-state index < -0.39 is 0 Å². The van der Waals surface area contributed by atoms with Gasteiger partial charge in [0.15, 0.2) is 5.16 Å². The van der Waals surface area contributed by atoms with Crippen molar-refractivity contribution in [2.24, 2.45) is 0 Å². The van der Waals surface area contributed by atoms with Gasteiger partial charge in [0.2, 0.25) is 0 Å². The number of allylic oxidation sites excluding steroid dienone is 1. The second kappa shape index (κ2) is 6.26. The Morgan fingerprint density at radius 3 is 3.09 bits per heavy atom. The number of hydrogen-bond donors (Lipinski definition) is 0. The summed E-state index contributed by atoms with van der Waals surface area (Å²) >= 11 is 2.83. The lowest BCUT2D eigenvalue weighted by atomic mass is 10.2. The molecular formula is C15H16N2O3S2. The molecule has 3 rings (SSSR count). The van der Waals surface area contributed by atoms with Gasteiger partial charge in [-0.05, 0) is 24.8 Å². The van der Waals surface area contributed by atoms with Crippen LogP contribution in [0.4, 0.5) is 0 Å². The van der Waals surface area contributed by atoms with Crippen LogP contribution in [-0.4, -0.2) is 28.4 Å². The molecule has 0 amide bonds. The molecular weight excluding hydrogens is 320 g/mol. The highest BCUT2D eigenvalue weighted by Crippen LogP contribution is 2.35. The summed E-state index contributed by atoms with van der Waals surface area (Å²) in [6.07, 6.45) is 4.76. The number of aromatic nitrogens is 2. The van der Waals surface area contributed by atoms with E-state index in [1.807, 2.05) is 0 Å². The van der Waals surface area contributed by atoms with Crippen LogP contribution in [0.15, 0.2) is 22.6 Å². The van der Waals surface area contributed by atoms with Crippen LogP contribution in [0.2, 0.25) is 0 Å². The van der Waals surface area contributed by atoms with Gasteiger partial charge < -0.3 is 4.74 Å². The molecule has 0 aromatic carbocycles. The lowest BCUT2D eigenvalue weighted by Gasteiger charge is -2.09. The van der Waals surface area contributed by atoms with E-state index in [-0.39, 0.29) is 17.3 Å². The molecule has 0 spiro atoms. The molecule has 2 heterocycles. The highest BCUT2D eigenvalue weighted by Gasteiger charge is 2.23. The van der Waals surface area contributed by atoms with Gasteiger partial charge in [-0.1, -0.05) is 17.8 Å². The number of ether oxygens (including phenoxy) is 1. The van der Waals surface area contributed by atoms with Crippen molar-refractivity contribution in [3.8, 4) is 0 Å². The van der Waals surface area contributed by atoms with E-state index in [1.165, 1.54) is 29.3 Å². The van der Waals surface area contributed by atoms with Gasteiger partial charge in [-0.2, -0.15) is 0 Å². The minimum atomic E-state index is -0.335. The zero-order valence-corrected chi connectivity index (χ0v) is 13.9. The van der Waals surface area contributed by atoms with Crippen molar-refractivity contribution in [1.29, 1.82) is 0 Å². The third kappa shape index (κ3) is 2.59. The molecule has 0 atom stereocenters. The molecule has 0 bridgehead atoms. The minimum absolute atomic E-state index is 0.0309. The van der Waals surface area contributed by atoms with Crippen LogP contribution in [0.3, 0.4) is 0 Å². The summed E-state index contributed by atoms with van der Waals surface area (Å²) in [5.41, 5.74) is 1.14. The van der Waals surface area contributed by atoms with Crippen LogP contribution in [0.1, 0.15) is 16.9 Å². The lowest BCUT2D eigenvalue weighted by molar-refractivity contribution is -0.137. The molecule has 0 saturated carbocycles. The van der Waals surface area contributed by atoms with Crippen LogP contribution in [0.5, 0.6) is 0 Å². The Labute approximate surface area is 136 Å². The topological polar surface area (TPSA) is 61.2 Å². The van der Waals surface area contributed by atoms with E-state index in [2.05, 4.69) is 16.3 Å². The monoisotopic (exact) mass is 336 g/mol. The lowest BCUT2D eigenvalue weighted by Crippen LogP contribution is -2.23. The third-order valence-electron chi connectivity index (χ3n) is 3.65. The third-order valence-corrected chi connectivity index (χ3v) is 5.78. The molecule has 0 saturated heterocycles. The van der Waals surface area contributed by atoms with Crippen molar-refractivity contribution in [3.05, 3.63) is 33.4 Å². The maximum absolute atomic E-state index is 12.8. The molecule has 7 heteroatoms. The predicted molar refractivity (Wildman–Crippen MR) is 88.8 cm³/mol. The Bertz CT molecular complexity index is 807. The summed E-state index contributed by atoms with van der Waals surface area (Å²) in [6, 6.07) is 0. The number of aryl methyl sites for hydroxylation is 2. The number of nitrogens with zero attached hydrogens (tertiary/aromatic N) is 2. The molecule has 22 heavy (non-hydrogen) atoms. The van der Waals surface area contributed by atoms with E-state index >= 15 is 0 Å². The van der Waals surface area contributed by atoms with Crippen molar-refractivity contribution >= 4 is 39.3 Å². The Hall–Kier alpha value is -1.60. The molecule has 0 aliphatic heterocycles. The standard InChI is InChI=1S/C15H16N2O3S2/c1-3-7-17-14(19)12-9-5-4-6-10(9)22-13(12)16-15(17)21-8-11(18)20-2/h3H,1,4-8H2,2H3.